The summed E-state index contributed by atoms with van der Waals surface area (Å²) < 4.78 is 10.6. The van der Waals surface area contributed by atoms with Gasteiger partial charge in [0.2, 0.25) is 0 Å². The molecular formula is C21H27N3O3. The monoisotopic (exact) mass is 369 g/mol. The molecular weight excluding hydrogens is 342 g/mol. The van der Waals surface area contributed by atoms with Crippen molar-refractivity contribution in [1.82, 2.24) is 9.88 Å². The summed E-state index contributed by atoms with van der Waals surface area (Å²) in [4.78, 5) is 19.1. The Kier molecular flexibility index (Phi) is 7.04. The van der Waals surface area contributed by atoms with Crippen molar-refractivity contribution in [3.05, 3.63) is 54.4 Å². The van der Waals surface area contributed by atoms with Gasteiger partial charge in [-0.2, -0.15) is 0 Å². The van der Waals surface area contributed by atoms with Gasteiger partial charge < -0.3 is 19.7 Å². The number of hydrogen-bond acceptors (Lipinski definition) is 4. The predicted octanol–water partition coefficient (Wildman–Crippen LogP) is 4.26. The topological polar surface area (TPSA) is 63.7 Å². The van der Waals surface area contributed by atoms with Crippen LogP contribution in [0.4, 0.5) is 10.5 Å². The van der Waals surface area contributed by atoms with E-state index >= 15 is 0 Å². The van der Waals surface area contributed by atoms with Crippen LogP contribution in [0.25, 0.3) is 0 Å². The number of carbonyl (C=O) groups excluding carboxylic acids is 1. The molecule has 0 spiro atoms. The Labute approximate surface area is 160 Å². The van der Waals surface area contributed by atoms with Crippen LogP contribution in [-0.4, -0.2) is 42.8 Å². The van der Waals surface area contributed by atoms with E-state index in [2.05, 4.69) is 10.3 Å². The number of rotatable bonds is 6. The molecule has 6 nitrogen and oxygen atoms in total. The number of urea groups is 1. The van der Waals surface area contributed by atoms with Gasteiger partial charge >= 0.3 is 6.03 Å². The molecule has 1 aliphatic heterocycles. The minimum absolute atomic E-state index is 0.0762. The highest BCUT2D eigenvalue weighted by Crippen LogP contribution is 2.30. The molecule has 1 saturated heterocycles. The first-order chi connectivity index (χ1) is 13.3. The first-order valence-corrected chi connectivity index (χ1v) is 9.47. The van der Waals surface area contributed by atoms with Gasteiger partial charge in [0, 0.05) is 37.8 Å². The quantitative estimate of drug-likeness (QED) is 0.773. The third-order valence-corrected chi connectivity index (χ3v) is 4.75. The highest BCUT2D eigenvalue weighted by Gasteiger charge is 2.26. The fourth-order valence-electron chi connectivity index (χ4n) is 3.39. The molecule has 2 heterocycles. The molecule has 1 unspecified atom stereocenters. The second kappa shape index (κ2) is 9.92. The average molecular weight is 369 g/mol. The number of ether oxygens (including phenoxy) is 2. The molecule has 0 saturated carbocycles. The Morgan fingerprint density at radius 3 is 2.85 bits per heavy atom. The summed E-state index contributed by atoms with van der Waals surface area (Å²) in [6.07, 6.45) is 7.84. The van der Waals surface area contributed by atoms with Crippen molar-refractivity contribution in [3.63, 3.8) is 0 Å². The SMILES string of the molecule is COCCOc1cccc(NC(=O)N2CCCCCC2c2ccncc2)c1. The lowest BCUT2D eigenvalue weighted by molar-refractivity contribution is 0.146. The van der Waals surface area contributed by atoms with Crippen molar-refractivity contribution in [1.29, 1.82) is 0 Å². The number of anilines is 1. The van der Waals surface area contributed by atoms with Crippen LogP contribution in [0.3, 0.4) is 0 Å². The van der Waals surface area contributed by atoms with Crippen LogP contribution in [0.1, 0.15) is 37.3 Å². The number of nitrogens with one attached hydrogen (secondary N) is 1. The summed E-state index contributed by atoms with van der Waals surface area (Å²) in [5.41, 5.74) is 1.87. The normalized spacial score (nSPS) is 17.2. The third-order valence-electron chi connectivity index (χ3n) is 4.75. The van der Waals surface area contributed by atoms with E-state index in [4.69, 9.17) is 9.47 Å². The summed E-state index contributed by atoms with van der Waals surface area (Å²) in [7, 11) is 1.64. The third kappa shape index (κ3) is 5.44. The zero-order chi connectivity index (χ0) is 18.9. The molecule has 2 aromatic rings. The molecule has 3 rings (SSSR count). The lowest BCUT2D eigenvalue weighted by Crippen LogP contribution is -2.38. The van der Waals surface area contributed by atoms with Gasteiger partial charge in [0.1, 0.15) is 12.4 Å². The van der Waals surface area contributed by atoms with E-state index in [1.54, 1.807) is 19.5 Å². The maximum absolute atomic E-state index is 13.0. The van der Waals surface area contributed by atoms with E-state index < -0.39 is 0 Å². The summed E-state index contributed by atoms with van der Waals surface area (Å²) in [6.45, 7) is 1.75. The molecule has 1 aliphatic rings. The van der Waals surface area contributed by atoms with Gasteiger partial charge in [0.25, 0.3) is 0 Å². The number of hydrogen-bond donors (Lipinski definition) is 1. The number of pyridine rings is 1. The van der Waals surface area contributed by atoms with E-state index in [1.165, 1.54) is 0 Å². The summed E-state index contributed by atoms with van der Waals surface area (Å²) in [5.74, 6) is 0.714. The van der Waals surface area contributed by atoms with Gasteiger partial charge in [0.15, 0.2) is 0 Å². The number of carbonyl (C=O) groups is 1. The Hall–Kier alpha value is -2.60. The molecule has 27 heavy (non-hydrogen) atoms. The highest BCUT2D eigenvalue weighted by molar-refractivity contribution is 5.89. The van der Waals surface area contributed by atoms with E-state index in [1.807, 2.05) is 41.3 Å². The molecule has 1 aromatic heterocycles. The van der Waals surface area contributed by atoms with Crippen LogP contribution < -0.4 is 10.1 Å². The van der Waals surface area contributed by atoms with Gasteiger partial charge in [-0.15, -0.1) is 0 Å². The van der Waals surface area contributed by atoms with Gasteiger partial charge in [-0.25, -0.2) is 4.79 Å². The number of benzene rings is 1. The predicted molar refractivity (Wildman–Crippen MR) is 105 cm³/mol. The van der Waals surface area contributed by atoms with Gasteiger partial charge in [-0.1, -0.05) is 18.9 Å². The summed E-state index contributed by atoms with van der Waals surface area (Å²) in [5, 5.41) is 3.03. The smallest absolute Gasteiger partial charge is 0.322 e. The van der Waals surface area contributed by atoms with Crippen LogP contribution in [0.5, 0.6) is 5.75 Å². The first-order valence-electron chi connectivity index (χ1n) is 9.47. The first kappa shape index (κ1) is 19.2. The van der Waals surface area contributed by atoms with E-state index in [9.17, 15) is 4.79 Å². The Bertz CT molecular complexity index is 724. The minimum atomic E-state index is -0.0762. The lowest BCUT2D eigenvalue weighted by Gasteiger charge is -2.30. The molecule has 1 aromatic carbocycles. The molecule has 0 aliphatic carbocycles. The van der Waals surface area contributed by atoms with Crippen LogP contribution in [0.15, 0.2) is 48.8 Å². The van der Waals surface area contributed by atoms with Gasteiger partial charge in [0.05, 0.1) is 12.6 Å². The molecule has 1 N–H and O–H groups in total. The summed E-state index contributed by atoms with van der Waals surface area (Å²) in [6, 6.07) is 11.5. The Morgan fingerprint density at radius 2 is 2.04 bits per heavy atom. The fourth-order valence-corrected chi connectivity index (χ4v) is 3.39. The van der Waals surface area contributed by atoms with E-state index in [-0.39, 0.29) is 12.1 Å². The molecule has 0 bridgehead atoms. The number of nitrogens with zero attached hydrogens (tertiary/aromatic N) is 2. The van der Waals surface area contributed by atoms with Crippen LogP contribution in [-0.2, 0) is 4.74 Å². The number of aromatic nitrogens is 1. The highest BCUT2D eigenvalue weighted by atomic mass is 16.5. The summed E-state index contributed by atoms with van der Waals surface area (Å²) >= 11 is 0. The van der Waals surface area contributed by atoms with Crippen LogP contribution >= 0.6 is 0 Å². The average Bonchev–Trinajstić information content (AvgIpc) is 2.95. The zero-order valence-electron chi connectivity index (χ0n) is 15.8. The molecule has 2 amide bonds. The largest absolute Gasteiger partial charge is 0.491 e. The van der Waals surface area contributed by atoms with Crippen molar-refractivity contribution in [2.75, 3.05) is 32.2 Å². The zero-order valence-corrected chi connectivity index (χ0v) is 15.8. The second-order valence-corrected chi connectivity index (χ2v) is 6.64. The maximum atomic E-state index is 13.0. The standard InChI is InChI=1S/C21H27N3O3/c1-26-14-15-27-19-7-5-6-18(16-19)23-21(25)24-13-4-2-3-8-20(24)17-9-11-22-12-10-17/h5-7,9-12,16,20H,2-4,8,13-15H2,1H3,(H,23,25). The van der Waals surface area contributed by atoms with Crippen molar-refractivity contribution in [2.24, 2.45) is 0 Å². The van der Waals surface area contributed by atoms with Crippen molar-refractivity contribution in [3.8, 4) is 5.75 Å². The Balaban J connectivity index is 1.70. The molecule has 0 radical (unpaired) electrons. The minimum Gasteiger partial charge on any atom is -0.491 e. The van der Waals surface area contributed by atoms with Crippen LogP contribution in [0.2, 0.25) is 0 Å². The molecule has 1 fully saturated rings. The maximum Gasteiger partial charge on any atom is 0.322 e. The molecule has 6 heteroatoms. The second-order valence-electron chi connectivity index (χ2n) is 6.64. The number of likely N-dealkylation sites (tertiary alicyclic amines) is 1. The number of amides is 2. The van der Waals surface area contributed by atoms with Crippen molar-refractivity contribution < 1.29 is 14.3 Å². The van der Waals surface area contributed by atoms with Crippen molar-refractivity contribution >= 4 is 11.7 Å². The van der Waals surface area contributed by atoms with Crippen molar-refractivity contribution in [2.45, 2.75) is 31.7 Å². The molecule has 1 atom stereocenters. The lowest BCUT2D eigenvalue weighted by atomic mass is 10.0. The van der Waals surface area contributed by atoms with Crippen LogP contribution in [0, 0.1) is 0 Å². The Morgan fingerprint density at radius 1 is 1.19 bits per heavy atom. The molecule has 144 valence electrons. The fraction of sp³-hybridized carbons (Fsp3) is 0.429. The van der Waals surface area contributed by atoms with Gasteiger partial charge in [-0.3, -0.25) is 4.98 Å². The van der Waals surface area contributed by atoms with E-state index in [0.717, 1.165) is 43.5 Å². The van der Waals surface area contributed by atoms with Gasteiger partial charge in [-0.05, 0) is 42.7 Å². The van der Waals surface area contributed by atoms with E-state index in [0.29, 0.717) is 19.0 Å². The number of methoxy groups -OCH3 is 1.